The largest absolute Gasteiger partial charge is 0.492 e. The number of carbonyl (C=O) groups excluding carboxylic acids is 1. The van der Waals surface area contributed by atoms with Gasteiger partial charge in [0.1, 0.15) is 18.5 Å². The van der Waals surface area contributed by atoms with Gasteiger partial charge in [0.25, 0.3) is 0 Å². The number of anilines is 1. The molecule has 0 N–H and O–H groups in total. The Morgan fingerprint density at radius 3 is 2.39 bits per heavy atom. The lowest BCUT2D eigenvalue weighted by molar-refractivity contribution is -0.175. The van der Waals surface area contributed by atoms with E-state index < -0.39 is 0 Å². The highest BCUT2D eigenvalue weighted by Crippen LogP contribution is 2.28. The molecule has 2 heterocycles. The van der Waals surface area contributed by atoms with E-state index in [4.69, 9.17) is 16.3 Å². The number of amides is 2. The van der Waals surface area contributed by atoms with Crippen LogP contribution < -0.4 is 9.64 Å². The Morgan fingerprint density at radius 2 is 1.73 bits per heavy atom. The summed E-state index contributed by atoms with van der Waals surface area (Å²) in [4.78, 5) is 17.7. The highest BCUT2D eigenvalue weighted by Gasteiger charge is 2.46. The number of halogens is 1. The van der Waals surface area contributed by atoms with Crippen LogP contribution in [-0.2, 0) is 0 Å². The van der Waals surface area contributed by atoms with Crippen LogP contribution in [0.25, 0.3) is 0 Å². The monoisotopic (exact) mass is 471 g/mol. The molecule has 1 atom stereocenters. The predicted molar refractivity (Wildman–Crippen MR) is 132 cm³/mol. The quantitative estimate of drug-likeness (QED) is 0.536. The van der Waals surface area contributed by atoms with Crippen LogP contribution in [0, 0.1) is 0 Å². The standard InChI is InChI=1S/C25H34ClN5O2/c1-3-13-30-25(32)29(18-19-33-23-11-6-5-7-12-23)24(4-2)31(30)28-16-14-27(15-17-28)22-10-8-9-21(26)20-22/h5-12,20,24H,3-4,13-19H2,1-2H3. The Balaban J connectivity index is 1.42. The van der Waals surface area contributed by atoms with Gasteiger partial charge in [-0.1, -0.05) is 49.7 Å². The Bertz CT molecular complexity index is 907. The molecule has 0 aromatic heterocycles. The molecular formula is C25H34ClN5O2. The summed E-state index contributed by atoms with van der Waals surface area (Å²) < 4.78 is 5.90. The van der Waals surface area contributed by atoms with Gasteiger partial charge in [0.15, 0.2) is 0 Å². The second kappa shape index (κ2) is 11.1. The van der Waals surface area contributed by atoms with Crippen LogP contribution in [0.5, 0.6) is 5.75 Å². The van der Waals surface area contributed by atoms with Crippen molar-refractivity contribution < 1.29 is 9.53 Å². The Labute approximate surface area is 202 Å². The molecule has 4 rings (SSSR count). The molecule has 0 radical (unpaired) electrons. The van der Waals surface area contributed by atoms with Gasteiger partial charge in [0.2, 0.25) is 0 Å². The summed E-state index contributed by atoms with van der Waals surface area (Å²) in [6, 6.07) is 17.9. The van der Waals surface area contributed by atoms with Gasteiger partial charge in [0.05, 0.1) is 6.54 Å². The summed E-state index contributed by atoms with van der Waals surface area (Å²) in [5, 5.41) is 7.23. The third-order valence-electron chi connectivity index (χ3n) is 6.20. The van der Waals surface area contributed by atoms with Crippen molar-refractivity contribution in [1.29, 1.82) is 0 Å². The first kappa shape index (κ1) is 23.7. The number of ether oxygens (including phenoxy) is 1. The third-order valence-corrected chi connectivity index (χ3v) is 6.44. The van der Waals surface area contributed by atoms with E-state index >= 15 is 0 Å². The number of hydrazine groups is 2. The number of urea groups is 1. The minimum Gasteiger partial charge on any atom is -0.492 e. The fourth-order valence-electron chi connectivity index (χ4n) is 4.64. The van der Waals surface area contributed by atoms with Crippen molar-refractivity contribution in [2.45, 2.75) is 32.9 Å². The average Bonchev–Trinajstić information content (AvgIpc) is 3.11. The van der Waals surface area contributed by atoms with Gasteiger partial charge in [-0.2, -0.15) is 0 Å². The molecule has 0 bridgehead atoms. The Morgan fingerprint density at radius 1 is 0.970 bits per heavy atom. The third kappa shape index (κ3) is 5.37. The lowest BCUT2D eigenvalue weighted by Crippen LogP contribution is -2.60. The maximum absolute atomic E-state index is 13.4. The first-order valence-corrected chi connectivity index (χ1v) is 12.3. The van der Waals surface area contributed by atoms with E-state index in [2.05, 4.69) is 34.9 Å². The zero-order valence-corrected chi connectivity index (χ0v) is 20.3. The molecule has 2 saturated heterocycles. The molecule has 2 aromatic carbocycles. The average molecular weight is 472 g/mol. The van der Waals surface area contributed by atoms with Gasteiger partial charge in [-0.3, -0.25) is 0 Å². The maximum Gasteiger partial charge on any atom is 0.337 e. The topological polar surface area (TPSA) is 42.5 Å². The van der Waals surface area contributed by atoms with Crippen LogP contribution in [0.2, 0.25) is 5.02 Å². The van der Waals surface area contributed by atoms with Crippen LogP contribution >= 0.6 is 11.6 Å². The van der Waals surface area contributed by atoms with Crippen LogP contribution in [0.3, 0.4) is 0 Å². The minimum absolute atomic E-state index is 0.00106. The Hall–Kier alpha value is -2.48. The lowest BCUT2D eigenvalue weighted by atomic mass is 10.2. The molecule has 33 heavy (non-hydrogen) atoms. The van der Waals surface area contributed by atoms with Gasteiger partial charge >= 0.3 is 6.03 Å². The van der Waals surface area contributed by atoms with Gasteiger partial charge in [-0.05, 0) is 43.2 Å². The highest BCUT2D eigenvalue weighted by molar-refractivity contribution is 6.30. The summed E-state index contributed by atoms with van der Waals surface area (Å²) in [6.07, 6.45) is 1.77. The Kier molecular flexibility index (Phi) is 7.96. The van der Waals surface area contributed by atoms with Crippen LogP contribution in [0.1, 0.15) is 26.7 Å². The number of rotatable bonds is 9. The van der Waals surface area contributed by atoms with Gasteiger partial charge in [-0.15, -0.1) is 5.12 Å². The van der Waals surface area contributed by atoms with Crippen LogP contribution in [0.15, 0.2) is 54.6 Å². The molecule has 0 saturated carbocycles. The number of nitrogens with zero attached hydrogens (tertiary/aromatic N) is 5. The van der Waals surface area contributed by atoms with Crippen molar-refractivity contribution in [1.82, 2.24) is 20.0 Å². The summed E-state index contributed by atoms with van der Waals surface area (Å²) >= 11 is 6.20. The lowest BCUT2D eigenvalue weighted by Gasteiger charge is -2.44. The molecular weight excluding hydrogens is 438 g/mol. The van der Waals surface area contributed by atoms with Crippen molar-refractivity contribution in [2.75, 3.05) is 50.8 Å². The molecule has 2 aromatic rings. The number of carbonyl (C=O) groups is 1. The molecule has 178 valence electrons. The number of benzene rings is 2. The van der Waals surface area contributed by atoms with E-state index in [1.54, 1.807) is 0 Å². The molecule has 8 heteroatoms. The maximum atomic E-state index is 13.4. The van der Waals surface area contributed by atoms with E-state index in [0.29, 0.717) is 19.7 Å². The van der Waals surface area contributed by atoms with E-state index in [-0.39, 0.29) is 12.2 Å². The van der Waals surface area contributed by atoms with E-state index in [1.807, 2.05) is 58.4 Å². The van der Waals surface area contributed by atoms with Crippen LogP contribution in [-0.4, -0.2) is 78.1 Å². The minimum atomic E-state index is 0.00106. The second-order valence-electron chi connectivity index (χ2n) is 8.39. The smallest absolute Gasteiger partial charge is 0.337 e. The molecule has 2 fully saturated rings. The van der Waals surface area contributed by atoms with E-state index in [9.17, 15) is 4.79 Å². The van der Waals surface area contributed by atoms with Gasteiger partial charge < -0.3 is 14.5 Å². The molecule has 1 unspecified atom stereocenters. The first-order chi connectivity index (χ1) is 16.1. The van der Waals surface area contributed by atoms with Gasteiger partial charge in [-0.25, -0.2) is 14.8 Å². The van der Waals surface area contributed by atoms with Gasteiger partial charge in [0, 0.05) is 43.4 Å². The fourth-order valence-corrected chi connectivity index (χ4v) is 4.82. The first-order valence-electron chi connectivity index (χ1n) is 11.9. The molecule has 0 aliphatic carbocycles. The summed E-state index contributed by atoms with van der Waals surface area (Å²) in [7, 11) is 0. The second-order valence-corrected chi connectivity index (χ2v) is 8.83. The van der Waals surface area contributed by atoms with Crippen molar-refractivity contribution in [3.63, 3.8) is 0 Å². The number of hydrogen-bond donors (Lipinski definition) is 0. The highest BCUT2D eigenvalue weighted by atomic mass is 35.5. The zero-order valence-electron chi connectivity index (χ0n) is 19.6. The molecule has 2 amide bonds. The predicted octanol–water partition coefficient (Wildman–Crippen LogP) is 4.56. The molecule has 2 aliphatic heterocycles. The van der Waals surface area contributed by atoms with Crippen LogP contribution in [0.4, 0.5) is 10.5 Å². The number of para-hydroxylation sites is 1. The summed E-state index contributed by atoms with van der Waals surface area (Å²) in [5.41, 5.74) is 1.15. The zero-order chi connectivity index (χ0) is 23.2. The molecule has 7 nitrogen and oxygen atoms in total. The molecule has 2 aliphatic rings. The normalized spacial score (nSPS) is 20.0. The van der Waals surface area contributed by atoms with Crippen molar-refractivity contribution in [3.05, 3.63) is 59.6 Å². The van der Waals surface area contributed by atoms with E-state index in [1.165, 1.54) is 0 Å². The summed E-state index contributed by atoms with van der Waals surface area (Å²) in [5.74, 6) is 0.830. The van der Waals surface area contributed by atoms with Crippen molar-refractivity contribution in [3.8, 4) is 5.75 Å². The molecule has 0 spiro atoms. The number of hydrogen-bond acceptors (Lipinski definition) is 5. The number of piperazine rings is 1. The summed E-state index contributed by atoms with van der Waals surface area (Å²) in [6.45, 7) is 9.49. The van der Waals surface area contributed by atoms with Crippen molar-refractivity contribution >= 4 is 23.3 Å². The van der Waals surface area contributed by atoms with Crippen molar-refractivity contribution in [2.24, 2.45) is 0 Å². The van der Waals surface area contributed by atoms with E-state index in [0.717, 1.165) is 55.5 Å². The fraction of sp³-hybridized carbons (Fsp3) is 0.480. The SMILES string of the molecule is CCCN1C(=O)N(CCOc2ccccc2)C(CC)N1N1CCN(c2cccc(Cl)c2)CC1.